The average molecular weight is 421 g/mol. The van der Waals surface area contributed by atoms with Crippen LogP contribution in [-0.4, -0.2) is 19.4 Å². The number of anilines is 1. The number of rotatable bonds is 12. The van der Waals surface area contributed by atoms with Gasteiger partial charge in [-0.1, -0.05) is 44.1 Å². The molecule has 0 saturated carbocycles. The lowest BCUT2D eigenvalue weighted by Gasteiger charge is -2.13. The Morgan fingerprint density at radius 1 is 0.962 bits per heavy atom. The summed E-state index contributed by atoms with van der Waals surface area (Å²) in [5.74, 6) is -8.13. The smallest absolute Gasteiger partial charge is 0.232 e. The van der Waals surface area contributed by atoms with Crippen LogP contribution in [0.1, 0.15) is 45.4 Å². The maximum absolute atomic E-state index is 13.9. The minimum absolute atomic E-state index is 0.239. The second-order valence-corrected chi connectivity index (χ2v) is 7.93. The zero-order valence-electron chi connectivity index (χ0n) is 13.9. The number of nitrogens with one attached hydrogen (secondary N) is 1. The minimum atomic E-state index is -4.20. The van der Waals surface area contributed by atoms with Crippen LogP contribution in [0.3, 0.4) is 0 Å². The van der Waals surface area contributed by atoms with Crippen LogP contribution in [0, 0.1) is 23.3 Å². The first kappa shape index (κ1) is 23.0. The molecule has 0 radical (unpaired) electrons. The van der Waals surface area contributed by atoms with Crippen molar-refractivity contribution in [1.82, 2.24) is 0 Å². The SMILES string of the molecule is CCCCCCCCS(=O)(=O)Nc1c(F)c(F)c(SOOO)c(F)c1F. The quantitative estimate of drug-likeness (QED) is 0.126. The highest BCUT2D eigenvalue weighted by Crippen LogP contribution is 2.35. The van der Waals surface area contributed by atoms with E-state index in [0.717, 1.165) is 25.7 Å². The highest BCUT2D eigenvalue weighted by atomic mass is 32.2. The second kappa shape index (κ2) is 10.9. The van der Waals surface area contributed by atoms with E-state index >= 15 is 0 Å². The summed E-state index contributed by atoms with van der Waals surface area (Å²) in [5.41, 5.74) is -1.46. The van der Waals surface area contributed by atoms with Crippen molar-refractivity contribution in [2.24, 2.45) is 0 Å². The van der Waals surface area contributed by atoms with Gasteiger partial charge in [-0.15, -0.1) is 4.33 Å². The van der Waals surface area contributed by atoms with Gasteiger partial charge in [0.15, 0.2) is 23.3 Å². The van der Waals surface area contributed by atoms with Crippen LogP contribution in [0.15, 0.2) is 4.90 Å². The Balaban J connectivity index is 2.85. The van der Waals surface area contributed by atoms with Crippen molar-refractivity contribution in [1.29, 1.82) is 0 Å². The normalized spacial score (nSPS) is 11.8. The first-order valence-corrected chi connectivity index (χ1v) is 10.2. The standard InChI is InChI=1S/C14H19F4NO5S2/c1-2-3-4-5-6-7-8-26(21,22)19-13-9(15)11(17)14(25-24-23-20)12(18)10(13)16/h19-20H,2-8H2,1H3. The van der Waals surface area contributed by atoms with Gasteiger partial charge in [-0.05, 0) is 6.42 Å². The van der Waals surface area contributed by atoms with Crippen molar-refractivity contribution in [2.45, 2.75) is 50.3 Å². The molecule has 0 fully saturated rings. The van der Waals surface area contributed by atoms with E-state index in [4.69, 9.17) is 5.26 Å². The zero-order valence-corrected chi connectivity index (χ0v) is 15.5. The van der Waals surface area contributed by atoms with Gasteiger partial charge < -0.3 is 0 Å². The van der Waals surface area contributed by atoms with Gasteiger partial charge in [-0.2, -0.15) is 0 Å². The van der Waals surface area contributed by atoms with Crippen LogP contribution < -0.4 is 4.72 Å². The maximum atomic E-state index is 13.9. The van der Waals surface area contributed by atoms with Crippen LogP contribution in [0.5, 0.6) is 0 Å². The van der Waals surface area contributed by atoms with Gasteiger partial charge >= 0.3 is 0 Å². The molecule has 0 amide bonds. The van der Waals surface area contributed by atoms with Gasteiger partial charge in [0.1, 0.15) is 10.6 Å². The van der Waals surface area contributed by atoms with E-state index in [1.54, 1.807) is 0 Å². The second-order valence-electron chi connectivity index (χ2n) is 5.37. The van der Waals surface area contributed by atoms with Crippen LogP contribution in [-0.2, 0) is 19.4 Å². The molecule has 2 N–H and O–H groups in total. The van der Waals surface area contributed by atoms with Crippen molar-refractivity contribution in [2.75, 3.05) is 10.5 Å². The Bertz CT molecular complexity index is 674. The Hall–Kier alpha value is -1.08. The Morgan fingerprint density at radius 2 is 1.50 bits per heavy atom. The van der Waals surface area contributed by atoms with Crippen molar-refractivity contribution >= 4 is 27.8 Å². The first-order chi connectivity index (χ1) is 12.2. The zero-order chi connectivity index (χ0) is 19.7. The van der Waals surface area contributed by atoms with E-state index in [2.05, 4.69) is 9.37 Å². The minimum Gasteiger partial charge on any atom is -0.278 e. The predicted octanol–water partition coefficient (Wildman–Crippen LogP) is 4.77. The van der Waals surface area contributed by atoms with E-state index in [9.17, 15) is 26.0 Å². The predicted molar refractivity (Wildman–Crippen MR) is 87.7 cm³/mol. The fraction of sp³-hybridized carbons (Fsp3) is 0.571. The molecule has 0 aliphatic rings. The molecule has 0 aromatic heterocycles. The number of sulfonamides is 1. The van der Waals surface area contributed by atoms with Crippen molar-refractivity contribution in [3.05, 3.63) is 23.3 Å². The van der Waals surface area contributed by atoms with E-state index in [1.807, 2.05) is 6.92 Å². The summed E-state index contributed by atoms with van der Waals surface area (Å²) in [6.45, 7) is 2.03. The van der Waals surface area contributed by atoms with Gasteiger partial charge in [0, 0.05) is 0 Å². The molecule has 0 bridgehead atoms. The van der Waals surface area contributed by atoms with Crippen LogP contribution in [0.25, 0.3) is 0 Å². The van der Waals surface area contributed by atoms with E-state index < -0.39 is 49.6 Å². The molecular formula is C14H19F4NO5S2. The van der Waals surface area contributed by atoms with Gasteiger partial charge in [0.25, 0.3) is 0 Å². The molecule has 1 aromatic rings. The van der Waals surface area contributed by atoms with Crippen LogP contribution >= 0.6 is 12.0 Å². The summed E-state index contributed by atoms with van der Waals surface area (Å²) in [7, 11) is -4.20. The molecule has 0 saturated heterocycles. The molecule has 6 nitrogen and oxygen atoms in total. The van der Waals surface area contributed by atoms with Crippen molar-refractivity contribution in [3.63, 3.8) is 0 Å². The third kappa shape index (κ3) is 6.58. The number of hydrogen-bond donors (Lipinski definition) is 2. The van der Waals surface area contributed by atoms with Crippen molar-refractivity contribution < 1.29 is 40.6 Å². The van der Waals surface area contributed by atoms with Gasteiger partial charge in [-0.3, -0.25) is 4.72 Å². The van der Waals surface area contributed by atoms with E-state index in [-0.39, 0.29) is 18.5 Å². The third-order valence-electron chi connectivity index (χ3n) is 3.40. The lowest BCUT2D eigenvalue weighted by Crippen LogP contribution is -2.20. The molecule has 0 unspecified atom stereocenters. The number of unbranched alkanes of at least 4 members (excludes halogenated alkanes) is 5. The van der Waals surface area contributed by atoms with Gasteiger partial charge in [-0.25, -0.2) is 31.2 Å². The molecule has 1 aromatic carbocycles. The summed E-state index contributed by atoms with van der Waals surface area (Å²) in [6.07, 6.45) is 4.65. The molecule has 26 heavy (non-hydrogen) atoms. The molecule has 0 aliphatic heterocycles. The summed E-state index contributed by atoms with van der Waals surface area (Å²) < 4.78 is 84.4. The molecule has 150 valence electrons. The largest absolute Gasteiger partial charge is 0.278 e. The summed E-state index contributed by atoms with van der Waals surface area (Å²) in [6, 6.07) is 0. The first-order valence-electron chi connectivity index (χ1n) is 7.76. The Kier molecular flexibility index (Phi) is 9.64. The summed E-state index contributed by atoms with van der Waals surface area (Å²) in [5, 5.41) is 11.0. The molecule has 0 spiro atoms. The van der Waals surface area contributed by atoms with Crippen LogP contribution in [0.4, 0.5) is 23.2 Å². The number of hydrogen-bond acceptors (Lipinski definition) is 6. The fourth-order valence-corrected chi connectivity index (χ4v) is 3.70. The molecule has 12 heteroatoms. The average Bonchev–Trinajstić information content (AvgIpc) is 2.60. The summed E-state index contributed by atoms with van der Waals surface area (Å²) >= 11 is -0.328. The number of halogens is 4. The molecule has 0 atom stereocenters. The third-order valence-corrected chi connectivity index (χ3v) is 5.39. The highest BCUT2D eigenvalue weighted by Gasteiger charge is 2.29. The Morgan fingerprint density at radius 3 is 2.04 bits per heavy atom. The van der Waals surface area contributed by atoms with E-state index in [1.165, 1.54) is 4.72 Å². The molecule has 1 rings (SSSR count). The Labute approximate surface area is 153 Å². The lowest BCUT2D eigenvalue weighted by molar-refractivity contribution is -0.432. The fourth-order valence-electron chi connectivity index (χ4n) is 2.10. The molecule has 0 aliphatic carbocycles. The van der Waals surface area contributed by atoms with Gasteiger partial charge in [0.2, 0.25) is 10.0 Å². The van der Waals surface area contributed by atoms with E-state index in [0.29, 0.717) is 6.42 Å². The van der Waals surface area contributed by atoms with Crippen molar-refractivity contribution in [3.8, 4) is 0 Å². The maximum Gasteiger partial charge on any atom is 0.232 e. The highest BCUT2D eigenvalue weighted by molar-refractivity contribution is 7.94. The molecule has 0 heterocycles. The lowest BCUT2D eigenvalue weighted by atomic mass is 10.1. The van der Waals surface area contributed by atoms with Crippen LogP contribution in [0.2, 0.25) is 0 Å². The topological polar surface area (TPSA) is 84.9 Å². The number of benzene rings is 1. The molecular weight excluding hydrogens is 402 g/mol. The van der Waals surface area contributed by atoms with Gasteiger partial charge in [0.05, 0.1) is 17.8 Å². The summed E-state index contributed by atoms with van der Waals surface area (Å²) in [4.78, 5) is -1.28. The monoisotopic (exact) mass is 421 g/mol.